The van der Waals surface area contributed by atoms with Crippen molar-refractivity contribution in [3.05, 3.63) is 0 Å². The molecule has 1 fully saturated rings. The molecule has 0 aliphatic carbocycles. The molecule has 0 aromatic carbocycles. The Morgan fingerprint density at radius 2 is 2.30 bits per heavy atom. The summed E-state index contributed by atoms with van der Waals surface area (Å²) in [5.74, 6) is 0.639. The van der Waals surface area contributed by atoms with Crippen LogP contribution < -0.4 is 0 Å². The molecule has 10 heavy (non-hydrogen) atoms. The second-order valence-electron chi connectivity index (χ2n) is 2.87. The predicted molar refractivity (Wildman–Crippen MR) is 40.0 cm³/mol. The summed E-state index contributed by atoms with van der Waals surface area (Å²) in [6.07, 6.45) is 1.52. The summed E-state index contributed by atoms with van der Waals surface area (Å²) in [5.41, 5.74) is 0. The number of hydrogen-bond acceptors (Lipinski definition) is 2. The SMILES string of the molecule is CCC(C)[C@H]1COCCO1. The third-order valence-corrected chi connectivity index (χ3v) is 2.12. The lowest BCUT2D eigenvalue weighted by molar-refractivity contribution is -0.108. The van der Waals surface area contributed by atoms with E-state index in [1.807, 2.05) is 0 Å². The molecule has 1 saturated heterocycles. The van der Waals surface area contributed by atoms with Gasteiger partial charge in [0.15, 0.2) is 0 Å². The third-order valence-electron chi connectivity index (χ3n) is 2.12. The fourth-order valence-corrected chi connectivity index (χ4v) is 1.10. The lowest BCUT2D eigenvalue weighted by Gasteiger charge is -2.27. The van der Waals surface area contributed by atoms with Crippen LogP contribution in [0.2, 0.25) is 0 Å². The zero-order valence-electron chi connectivity index (χ0n) is 6.80. The first-order valence-electron chi connectivity index (χ1n) is 4.04. The molecule has 1 aliphatic heterocycles. The summed E-state index contributed by atoms with van der Waals surface area (Å²) in [7, 11) is 0. The summed E-state index contributed by atoms with van der Waals surface area (Å²) in [6.45, 7) is 6.72. The van der Waals surface area contributed by atoms with Gasteiger partial charge >= 0.3 is 0 Å². The molecule has 0 radical (unpaired) electrons. The molecule has 0 saturated carbocycles. The van der Waals surface area contributed by atoms with Crippen molar-refractivity contribution in [3.8, 4) is 0 Å². The molecule has 0 aromatic heterocycles. The summed E-state index contributed by atoms with van der Waals surface area (Å²) in [6, 6.07) is 0. The van der Waals surface area contributed by atoms with Gasteiger partial charge in [-0.25, -0.2) is 0 Å². The Morgan fingerprint density at radius 1 is 1.50 bits per heavy atom. The predicted octanol–water partition coefficient (Wildman–Crippen LogP) is 1.45. The molecule has 1 aliphatic rings. The molecule has 2 heteroatoms. The number of ether oxygens (including phenoxy) is 2. The van der Waals surface area contributed by atoms with Crippen LogP contribution in [0.15, 0.2) is 0 Å². The van der Waals surface area contributed by atoms with Gasteiger partial charge in [-0.1, -0.05) is 20.3 Å². The van der Waals surface area contributed by atoms with Gasteiger partial charge in [0.1, 0.15) is 0 Å². The van der Waals surface area contributed by atoms with Crippen LogP contribution in [0.5, 0.6) is 0 Å². The highest BCUT2D eigenvalue weighted by molar-refractivity contribution is 4.66. The third kappa shape index (κ3) is 1.96. The minimum atomic E-state index is 0.346. The molecule has 1 unspecified atom stereocenters. The van der Waals surface area contributed by atoms with Gasteiger partial charge in [0.25, 0.3) is 0 Å². The minimum Gasteiger partial charge on any atom is -0.376 e. The zero-order valence-corrected chi connectivity index (χ0v) is 6.80. The summed E-state index contributed by atoms with van der Waals surface area (Å²) >= 11 is 0. The highest BCUT2D eigenvalue weighted by atomic mass is 16.6. The van der Waals surface area contributed by atoms with Crippen LogP contribution in [0.3, 0.4) is 0 Å². The van der Waals surface area contributed by atoms with Crippen LogP contribution in [-0.2, 0) is 9.47 Å². The van der Waals surface area contributed by atoms with E-state index in [2.05, 4.69) is 13.8 Å². The van der Waals surface area contributed by atoms with Crippen molar-refractivity contribution in [2.45, 2.75) is 26.4 Å². The molecule has 2 atom stereocenters. The van der Waals surface area contributed by atoms with E-state index in [-0.39, 0.29) is 0 Å². The average molecular weight is 144 g/mol. The minimum absolute atomic E-state index is 0.346. The molecule has 0 N–H and O–H groups in total. The van der Waals surface area contributed by atoms with Crippen LogP contribution in [0.1, 0.15) is 20.3 Å². The standard InChI is InChI=1S/C8H16O2/c1-3-7(2)8-6-9-4-5-10-8/h7-8H,3-6H2,1-2H3/t7?,8-/m1/s1. The van der Waals surface area contributed by atoms with Gasteiger partial charge < -0.3 is 9.47 Å². The Kier molecular flexibility index (Phi) is 3.16. The Hall–Kier alpha value is -0.0800. The van der Waals surface area contributed by atoms with Gasteiger partial charge in [-0.2, -0.15) is 0 Å². The van der Waals surface area contributed by atoms with E-state index in [1.165, 1.54) is 6.42 Å². The van der Waals surface area contributed by atoms with E-state index in [0.29, 0.717) is 12.0 Å². The maximum Gasteiger partial charge on any atom is 0.0834 e. The summed E-state index contributed by atoms with van der Waals surface area (Å²) in [5, 5.41) is 0. The van der Waals surface area contributed by atoms with Crippen LogP contribution in [0.4, 0.5) is 0 Å². The second-order valence-corrected chi connectivity index (χ2v) is 2.87. The van der Waals surface area contributed by atoms with E-state index in [0.717, 1.165) is 19.8 Å². The van der Waals surface area contributed by atoms with Crippen molar-refractivity contribution >= 4 is 0 Å². The highest BCUT2D eigenvalue weighted by Gasteiger charge is 2.19. The maximum absolute atomic E-state index is 5.51. The molecule has 1 rings (SSSR count). The van der Waals surface area contributed by atoms with Gasteiger partial charge in [0.05, 0.1) is 25.9 Å². The normalized spacial score (nSPS) is 30.0. The quantitative estimate of drug-likeness (QED) is 0.584. The van der Waals surface area contributed by atoms with E-state index >= 15 is 0 Å². The first-order chi connectivity index (χ1) is 4.84. The van der Waals surface area contributed by atoms with Gasteiger partial charge in [-0.05, 0) is 5.92 Å². The number of hydrogen-bond donors (Lipinski definition) is 0. The number of rotatable bonds is 2. The smallest absolute Gasteiger partial charge is 0.0834 e. The van der Waals surface area contributed by atoms with Gasteiger partial charge in [0.2, 0.25) is 0 Å². The largest absolute Gasteiger partial charge is 0.376 e. The van der Waals surface area contributed by atoms with E-state index in [1.54, 1.807) is 0 Å². The van der Waals surface area contributed by atoms with E-state index < -0.39 is 0 Å². The van der Waals surface area contributed by atoms with Crippen LogP contribution in [0.25, 0.3) is 0 Å². The van der Waals surface area contributed by atoms with Crippen LogP contribution >= 0.6 is 0 Å². The van der Waals surface area contributed by atoms with Crippen molar-refractivity contribution in [1.82, 2.24) is 0 Å². The maximum atomic E-state index is 5.51. The fraction of sp³-hybridized carbons (Fsp3) is 1.00. The van der Waals surface area contributed by atoms with Crippen molar-refractivity contribution in [2.24, 2.45) is 5.92 Å². The lowest BCUT2D eigenvalue weighted by Crippen LogP contribution is -2.33. The Labute approximate surface area is 62.5 Å². The topological polar surface area (TPSA) is 18.5 Å². The summed E-state index contributed by atoms with van der Waals surface area (Å²) in [4.78, 5) is 0. The van der Waals surface area contributed by atoms with E-state index in [9.17, 15) is 0 Å². The first kappa shape index (κ1) is 8.02. The van der Waals surface area contributed by atoms with Crippen LogP contribution in [0, 0.1) is 5.92 Å². The van der Waals surface area contributed by atoms with Gasteiger partial charge in [-0.3, -0.25) is 0 Å². The second kappa shape index (κ2) is 3.94. The Morgan fingerprint density at radius 3 is 2.80 bits per heavy atom. The molecule has 2 nitrogen and oxygen atoms in total. The molecule has 1 heterocycles. The summed E-state index contributed by atoms with van der Waals surface area (Å²) < 4.78 is 10.8. The highest BCUT2D eigenvalue weighted by Crippen LogP contribution is 2.14. The Bertz CT molecular complexity index is 87.3. The van der Waals surface area contributed by atoms with Crippen LogP contribution in [-0.4, -0.2) is 25.9 Å². The average Bonchev–Trinajstić information content (AvgIpc) is 2.05. The van der Waals surface area contributed by atoms with E-state index in [4.69, 9.17) is 9.47 Å². The van der Waals surface area contributed by atoms with Crippen molar-refractivity contribution in [2.75, 3.05) is 19.8 Å². The van der Waals surface area contributed by atoms with Crippen molar-refractivity contribution < 1.29 is 9.47 Å². The molecule has 0 amide bonds. The molecule has 60 valence electrons. The molecule has 0 aromatic rings. The van der Waals surface area contributed by atoms with Crippen molar-refractivity contribution in [1.29, 1.82) is 0 Å². The monoisotopic (exact) mass is 144 g/mol. The first-order valence-corrected chi connectivity index (χ1v) is 4.04. The van der Waals surface area contributed by atoms with Gasteiger partial charge in [-0.15, -0.1) is 0 Å². The molecular weight excluding hydrogens is 128 g/mol. The molecule has 0 bridgehead atoms. The fourth-order valence-electron chi connectivity index (χ4n) is 1.10. The molecular formula is C8H16O2. The lowest BCUT2D eigenvalue weighted by atomic mass is 10.0. The van der Waals surface area contributed by atoms with Crippen molar-refractivity contribution in [3.63, 3.8) is 0 Å². The Balaban J connectivity index is 2.24. The zero-order chi connectivity index (χ0) is 7.40. The van der Waals surface area contributed by atoms with Gasteiger partial charge in [0, 0.05) is 0 Å². The molecule has 0 spiro atoms.